The number of hydrogen-bond acceptors (Lipinski definition) is 5. The van der Waals surface area contributed by atoms with Gasteiger partial charge in [0.05, 0.1) is 35.4 Å². The molecule has 0 bridgehead atoms. The van der Waals surface area contributed by atoms with E-state index in [4.69, 9.17) is 38.4 Å². The predicted molar refractivity (Wildman–Crippen MR) is 112 cm³/mol. The van der Waals surface area contributed by atoms with E-state index in [1.54, 1.807) is 24.4 Å². The van der Waals surface area contributed by atoms with Crippen LogP contribution < -0.4 is 10.5 Å². The highest BCUT2D eigenvalue weighted by Gasteiger charge is 2.22. The summed E-state index contributed by atoms with van der Waals surface area (Å²) in [5.41, 5.74) is 8.33. The number of aryl methyl sites for hydroxylation is 1. The van der Waals surface area contributed by atoms with Crippen LogP contribution in [-0.4, -0.2) is 29.4 Å². The average molecular weight is 456 g/mol. The van der Waals surface area contributed by atoms with E-state index in [-0.39, 0.29) is 30.9 Å². The molecule has 5 nitrogen and oxygen atoms in total. The van der Waals surface area contributed by atoms with Crippen molar-refractivity contribution in [3.63, 3.8) is 0 Å². The van der Waals surface area contributed by atoms with Gasteiger partial charge in [-0.2, -0.15) is 0 Å². The highest BCUT2D eigenvalue weighted by molar-refractivity contribution is 6.42. The van der Waals surface area contributed by atoms with Gasteiger partial charge in [-0.1, -0.05) is 29.3 Å². The van der Waals surface area contributed by atoms with Crippen LogP contribution in [0.25, 0.3) is 0 Å². The van der Waals surface area contributed by atoms with Crippen molar-refractivity contribution in [1.82, 2.24) is 4.98 Å². The molecule has 0 saturated carbocycles. The standard InChI is InChI=1S/C18H20Cl2N2O3.2ClH/c1-10-6-12(8-22-18(10)25-13-4-5-24-9-13)17(23)16(21)11-2-3-14(19)15(20)7-11;;/h2-3,6-8,13,16-17,23H,4-5,9,21H2,1H3;2*1H/t13?,16-,17+;;/m1../s1. The van der Waals surface area contributed by atoms with Crippen molar-refractivity contribution in [1.29, 1.82) is 0 Å². The van der Waals surface area contributed by atoms with E-state index < -0.39 is 12.1 Å². The van der Waals surface area contributed by atoms with Gasteiger partial charge < -0.3 is 20.3 Å². The number of halogens is 4. The van der Waals surface area contributed by atoms with Crippen LogP contribution in [0.3, 0.4) is 0 Å². The Morgan fingerprint density at radius 2 is 1.96 bits per heavy atom. The van der Waals surface area contributed by atoms with Crippen LogP contribution in [-0.2, 0) is 4.74 Å². The first-order valence-electron chi connectivity index (χ1n) is 8.05. The van der Waals surface area contributed by atoms with Gasteiger partial charge in [0.1, 0.15) is 6.10 Å². The molecule has 1 unspecified atom stereocenters. The maximum absolute atomic E-state index is 10.6. The number of ether oxygens (including phenoxy) is 2. The fourth-order valence-corrected chi connectivity index (χ4v) is 3.05. The third kappa shape index (κ3) is 5.84. The minimum Gasteiger partial charge on any atom is -0.472 e. The Labute approximate surface area is 181 Å². The molecule has 1 aromatic heterocycles. The highest BCUT2D eigenvalue weighted by atomic mass is 35.5. The molecule has 1 saturated heterocycles. The quantitative estimate of drug-likeness (QED) is 0.696. The fraction of sp³-hybridized carbons (Fsp3) is 0.389. The maximum atomic E-state index is 10.6. The molecule has 1 fully saturated rings. The second kappa shape index (κ2) is 10.7. The smallest absolute Gasteiger partial charge is 0.216 e. The summed E-state index contributed by atoms with van der Waals surface area (Å²) in [5, 5.41) is 11.4. The molecule has 0 spiro atoms. The summed E-state index contributed by atoms with van der Waals surface area (Å²) in [5.74, 6) is 0.551. The zero-order valence-corrected chi connectivity index (χ0v) is 17.7. The van der Waals surface area contributed by atoms with E-state index >= 15 is 0 Å². The van der Waals surface area contributed by atoms with Crippen molar-refractivity contribution in [2.24, 2.45) is 5.73 Å². The summed E-state index contributed by atoms with van der Waals surface area (Å²) in [6.07, 6.45) is 1.54. The van der Waals surface area contributed by atoms with E-state index in [2.05, 4.69) is 4.98 Å². The average Bonchev–Trinajstić information content (AvgIpc) is 3.11. The summed E-state index contributed by atoms with van der Waals surface area (Å²) < 4.78 is 11.1. The number of hydrogen-bond donors (Lipinski definition) is 2. The maximum Gasteiger partial charge on any atom is 0.216 e. The molecule has 3 rings (SSSR count). The first-order valence-corrected chi connectivity index (χ1v) is 8.81. The number of nitrogens with zero attached hydrogens (tertiary/aromatic N) is 1. The van der Waals surface area contributed by atoms with Gasteiger partial charge in [0.15, 0.2) is 0 Å². The Kier molecular flexibility index (Phi) is 9.58. The van der Waals surface area contributed by atoms with Crippen LogP contribution in [0.5, 0.6) is 5.88 Å². The van der Waals surface area contributed by atoms with Gasteiger partial charge in [-0.3, -0.25) is 0 Å². The van der Waals surface area contributed by atoms with Crippen molar-refractivity contribution in [2.75, 3.05) is 13.2 Å². The number of pyridine rings is 1. The van der Waals surface area contributed by atoms with Crippen LogP contribution in [0.2, 0.25) is 10.0 Å². The molecule has 0 radical (unpaired) electrons. The summed E-state index contributed by atoms with van der Waals surface area (Å²) in [4.78, 5) is 4.33. The van der Waals surface area contributed by atoms with E-state index in [0.29, 0.717) is 40.3 Å². The zero-order valence-electron chi connectivity index (χ0n) is 14.6. The molecule has 0 amide bonds. The van der Waals surface area contributed by atoms with Crippen molar-refractivity contribution in [3.8, 4) is 5.88 Å². The van der Waals surface area contributed by atoms with Crippen LogP contribution in [0.15, 0.2) is 30.5 Å². The largest absolute Gasteiger partial charge is 0.472 e. The normalized spacial score (nSPS) is 18.2. The number of benzene rings is 1. The molecule has 3 atom stereocenters. The first-order chi connectivity index (χ1) is 12.0. The molecule has 1 aliphatic rings. The lowest BCUT2D eigenvalue weighted by molar-refractivity contribution is 0.136. The lowest BCUT2D eigenvalue weighted by Gasteiger charge is -2.21. The van der Waals surface area contributed by atoms with Crippen molar-refractivity contribution in [3.05, 3.63) is 57.2 Å². The van der Waals surface area contributed by atoms with E-state index in [0.717, 1.165) is 12.0 Å². The van der Waals surface area contributed by atoms with Crippen LogP contribution in [0, 0.1) is 6.92 Å². The lowest BCUT2D eigenvalue weighted by Crippen LogP contribution is -2.20. The summed E-state index contributed by atoms with van der Waals surface area (Å²) in [6, 6.07) is 6.26. The Bertz CT molecular complexity index is 757. The molecule has 2 heterocycles. The third-order valence-corrected chi connectivity index (χ3v) is 4.97. The van der Waals surface area contributed by atoms with Gasteiger partial charge in [-0.25, -0.2) is 4.98 Å². The molecule has 27 heavy (non-hydrogen) atoms. The Morgan fingerprint density at radius 1 is 1.22 bits per heavy atom. The monoisotopic (exact) mass is 454 g/mol. The number of nitrogens with two attached hydrogens (primary N) is 1. The van der Waals surface area contributed by atoms with Gasteiger partial charge in [0.25, 0.3) is 0 Å². The molecular formula is C18H22Cl4N2O3. The topological polar surface area (TPSA) is 77.6 Å². The second-order valence-corrected chi connectivity index (χ2v) is 6.95. The molecule has 0 aliphatic carbocycles. The van der Waals surface area contributed by atoms with E-state index in [1.807, 2.05) is 13.0 Å². The number of aromatic nitrogens is 1. The molecule has 1 aromatic carbocycles. The van der Waals surface area contributed by atoms with E-state index in [9.17, 15) is 5.11 Å². The van der Waals surface area contributed by atoms with Crippen LogP contribution in [0.1, 0.15) is 35.3 Å². The molecule has 3 N–H and O–H groups in total. The Hall–Kier alpha value is -0.790. The summed E-state index contributed by atoms with van der Waals surface area (Å²) in [7, 11) is 0. The van der Waals surface area contributed by atoms with Crippen LogP contribution >= 0.6 is 48.0 Å². The molecule has 1 aliphatic heterocycles. The molecule has 2 aromatic rings. The number of rotatable bonds is 5. The Morgan fingerprint density at radius 3 is 2.56 bits per heavy atom. The van der Waals surface area contributed by atoms with Gasteiger partial charge in [0.2, 0.25) is 5.88 Å². The van der Waals surface area contributed by atoms with Gasteiger partial charge in [-0.05, 0) is 30.7 Å². The third-order valence-electron chi connectivity index (χ3n) is 4.23. The van der Waals surface area contributed by atoms with Gasteiger partial charge in [-0.15, -0.1) is 24.8 Å². The fourth-order valence-electron chi connectivity index (χ4n) is 2.74. The van der Waals surface area contributed by atoms with E-state index in [1.165, 1.54) is 0 Å². The summed E-state index contributed by atoms with van der Waals surface area (Å²) >= 11 is 11.9. The van der Waals surface area contributed by atoms with Gasteiger partial charge >= 0.3 is 0 Å². The predicted octanol–water partition coefficient (Wildman–Crippen LogP) is 4.44. The zero-order chi connectivity index (χ0) is 18.0. The second-order valence-electron chi connectivity index (χ2n) is 6.14. The van der Waals surface area contributed by atoms with Crippen LogP contribution in [0.4, 0.5) is 0 Å². The number of aliphatic hydroxyl groups is 1. The molecular weight excluding hydrogens is 434 g/mol. The van der Waals surface area contributed by atoms with Crippen molar-refractivity contribution >= 4 is 48.0 Å². The minimum atomic E-state index is -0.924. The SMILES string of the molecule is Cc1cc([C@H](O)[C@H](N)c2ccc(Cl)c(Cl)c2)cnc1OC1CCOC1.Cl.Cl. The Balaban J connectivity index is 0.00000182. The first kappa shape index (κ1) is 24.2. The summed E-state index contributed by atoms with van der Waals surface area (Å²) in [6.45, 7) is 3.17. The number of aliphatic hydroxyl groups excluding tert-OH is 1. The lowest BCUT2D eigenvalue weighted by atomic mass is 9.97. The van der Waals surface area contributed by atoms with Crippen molar-refractivity contribution in [2.45, 2.75) is 31.6 Å². The molecule has 150 valence electrons. The van der Waals surface area contributed by atoms with Crippen molar-refractivity contribution < 1.29 is 14.6 Å². The minimum absolute atomic E-state index is 0. The molecule has 9 heteroatoms. The highest BCUT2D eigenvalue weighted by Crippen LogP contribution is 2.32. The van der Waals surface area contributed by atoms with Gasteiger partial charge in [0, 0.05) is 23.7 Å².